The molecule has 10 aromatic carbocycles. The second kappa shape index (κ2) is 13.2. The Morgan fingerprint density at radius 3 is 1.78 bits per heavy atom. The van der Waals surface area contributed by atoms with E-state index in [0.717, 1.165) is 44.4 Å². The molecule has 0 aliphatic heterocycles. The molecule has 1 aliphatic rings. The third kappa shape index (κ3) is 5.06. The molecule has 59 heavy (non-hydrogen) atoms. The molecule has 12 rings (SSSR count). The molecule has 0 atom stereocenters. The minimum Gasteiger partial charge on any atom is -0.455 e. The highest BCUT2D eigenvalue weighted by atomic mass is 16.3. The lowest BCUT2D eigenvalue weighted by molar-refractivity contribution is 0.672. The molecular weight excluding hydrogens is 715 g/mol. The van der Waals surface area contributed by atoms with Gasteiger partial charge < -0.3 is 9.32 Å². The summed E-state index contributed by atoms with van der Waals surface area (Å²) >= 11 is 0. The number of nitrogens with zero attached hydrogens (tertiary/aromatic N) is 1. The van der Waals surface area contributed by atoms with Crippen molar-refractivity contribution in [3.05, 3.63) is 247 Å². The second-order valence-electron chi connectivity index (χ2n) is 15.6. The van der Waals surface area contributed by atoms with E-state index in [2.05, 4.69) is 229 Å². The minimum atomic E-state index is -0.514. The summed E-state index contributed by atoms with van der Waals surface area (Å²) in [7, 11) is 0. The van der Waals surface area contributed by atoms with Crippen molar-refractivity contribution in [2.45, 2.75) is 5.41 Å². The molecule has 2 heteroatoms. The van der Waals surface area contributed by atoms with Gasteiger partial charge in [0.25, 0.3) is 0 Å². The van der Waals surface area contributed by atoms with Crippen LogP contribution in [-0.4, -0.2) is 0 Å². The van der Waals surface area contributed by atoms with Gasteiger partial charge in [0, 0.05) is 39.2 Å². The van der Waals surface area contributed by atoms with Crippen LogP contribution in [0.4, 0.5) is 17.1 Å². The summed E-state index contributed by atoms with van der Waals surface area (Å²) in [6.07, 6.45) is 0. The van der Waals surface area contributed by atoms with Gasteiger partial charge in [-0.2, -0.15) is 0 Å². The Balaban J connectivity index is 1.11. The first-order valence-electron chi connectivity index (χ1n) is 20.3. The molecule has 0 spiro atoms. The van der Waals surface area contributed by atoms with Gasteiger partial charge in [-0.25, -0.2) is 0 Å². The highest BCUT2D eigenvalue weighted by molar-refractivity contribution is 6.15. The Bertz CT molecular complexity index is 3340. The molecule has 11 aromatic rings. The predicted octanol–water partition coefficient (Wildman–Crippen LogP) is 15.4. The largest absolute Gasteiger partial charge is 0.455 e. The molecule has 0 amide bonds. The first-order valence-corrected chi connectivity index (χ1v) is 20.3. The van der Waals surface area contributed by atoms with Crippen molar-refractivity contribution >= 4 is 60.5 Å². The fourth-order valence-electron chi connectivity index (χ4n) is 9.89. The Morgan fingerprint density at radius 1 is 0.373 bits per heavy atom. The smallest absolute Gasteiger partial charge is 0.143 e. The van der Waals surface area contributed by atoms with E-state index in [1.165, 1.54) is 60.7 Å². The predicted molar refractivity (Wildman–Crippen MR) is 246 cm³/mol. The number of furan rings is 1. The van der Waals surface area contributed by atoms with Crippen LogP contribution in [0.25, 0.3) is 65.7 Å². The van der Waals surface area contributed by atoms with Gasteiger partial charge in [-0.15, -0.1) is 0 Å². The van der Waals surface area contributed by atoms with E-state index in [0.29, 0.717) is 0 Å². The summed E-state index contributed by atoms with van der Waals surface area (Å²) in [5.41, 5.74) is 14.4. The van der Waals surface area contributed by atoms with Gasteiger partial charge in [0.1, 0.15) is 11.2 Å². The van der Waals surface area contributed by atoms with Crippen molar-refractivity contribution in [3.63, 3.8) is 0 Å². The summed E-state index contributed by atoms with van der Waals surface area (Å²) < 4.78 is 6.81. The number of anilines is 3. The third-order valence-corrected chi connectivity index (χ3v) is 12.5. The van der Waals surface area contributed by atoms with Crippen molar-refractivity contribution in [3.8, 4) is 22.3 Å². The number of rotatable bonds is 6. The molecule has 0 fully saturated rings. The summed E-state index contributed by atoms with van der Waals surface area (Å²) in [6, 6.07) is 81.8. The minimum absolute atomic E-state index is 0.514. The Hall–Kier alpha value is -7.68. The highest BCUT2D eigenvalue weighted by Gasteiger charge is 2.47. The van der Waals surface area contributed by atoms with Crippen LogP contribution in [0.2, 0.25) is 0 Å². The third-order valence-electron chi connectivity index (χ3n) is 12.5. The highest BCUT2D eigenvalue weighted by Crippen LogP contribution is 2.59. The van der Waals surface area contributed by atoms with Gasteiger partial charge in [-0.05, 0) is 97.6 Å². The van der Waals surface area contributed by atoms with Crippen LogP contribution in [0.5, 0.6) is 0 Å². The van der Waals surface area contributed by atoms with Gasteiger partial charge in [0.15, 0.2) is 0 Å². The molecule has 0 saturated carbocycles. The van der Waals surface area contributed by atoms with Gasteiger partial charge in [-0.3, -0.25) is 0 Å². The van der Waals surface area contributed by atoms with Crippen molar-refractivity contribution < 1.29 is 4.42 Å². The van der Waals surface area contributed by atoms with Crippen LogP contribution in [0.1, 0.15) is 22.3 Å². The molecule has 276 valence electrons. The topological polar surface area (TPSA) is 16.4 Å². The number of hydrogen-bond acceptors (Lipinski definition) is 2. The lowest BCUT2D eigenvalue weighted by Gasteiger charge is -2.34. The average molecular weight is 752 g/mol. The molecule has 0 N–H and O–H groups in total. The zero-order valence-electron chi connectivity index (χ0n) is 32.2. The van der Waals surface area contributed by atoms with E-state index < -0.39 is 5.41 Å². The molecule has 0 radical (unpaired) electrons. The van der Waals surface area contributed by atoms with Crippen LogP contribution in [0.15, 0.2) is 229 Å². The molecule has 1 aromatic heterocycles. The van der Waals surface area contributed by atoms with E-state index in [1.54, 1.807) is 0 Å². The van der Waals surface area contributed by atoms with Gasteiger partial charge in [-0.1, -0.05) is 176 Å². The second-order valence-corrected chi connectivity index (χ2v) is 15.6. The standard InChI is InChI=1S/C57H37NO/c1-3-17-43(18-4-1)57(44-19-5-2-6-20-44)51-23-12-11-22-50(51)55-52(57)24-13-25-53(55)58(45-31-28-39(29-32-45)42-27-26-38-14-7-8-16-41(38)36-42)46-33-35-48-49-34-30-40-15-9-10-21-47(40)56(49)59-54(48)37-46/h1-37H. The summed E-state index contributed by atoms with van der Waals surface area (Å²) in [4.78, 5) is 2.43. The van der Waals surface area contributed by atoms with Crippen LogP contribution in [0, 0.1) is 0 Å². The maximum absolute atomic E-state index is 6.81. The summed E-state index contributed by atoms with van der Waals surface area (Å²) in [5.74, 6) is 0. The maximum atomic E-state index is 6.81. The fourth-order valence-corrected chi connectivity index (χ4v) is 9.89. The van der Waals surface area contributed by atoms with Gasteiger partial charge >= 0.3 is 0 Å². The average Bonchev–Trinajstić information content (AvgIpc) is 3.84. The maximum Gasteiger partial charge on any atom is 0.143 e. The van der Waals surface area contributed by atoms with Crippen molar-refractivity contribution in [1.82, 2.24) is 0 Å². The van der Waals surface area contributed by atoms with Crippen molar-refractivity contribution in [2.75, 3.05) is 4.90 Å². The van der Waals surface area contributed by atoms with Crippen LogP contribution < -0.4 is 4.90 Å². The number of benzene rings is 10. The number of hydrogen-bond donors (Lipinski definition) is 0. The Morgan fingerprint density at radius 2 is 0.983 bits per heavy atom. The normalized spacial score (nSPS) is 12.9. The molecule has 2 nitrogen and oxygen atoms in total. The van der Waals surface area contributed by atoms with Crippen LogP contribution in [0.3, 0.4) is 0 Å². The molecule has 1 aliphatic carbocycles. The SMILES string of the molecule is c1ccc(C2(c3ccccc3)c3ccccc3-c3c(N(c4ccc(-c5ccc6ccccc6c5)cc4)c4ccc5c(c4)oc4c6ccccc6ccc54)cccc32)cc1. The monoisotopic (exact) mass is 751 g/mol. The Labute approximate surface area is 342 Å². The van der Waals surface area contributed by atoms with E-state index in [9.17, 15) is 0 Å². The van der Waals surface area contributed by atoms with Crippen LogP contribution >= 0.6 is 0 Å². The first-order chi connectivity index (χ1) is 29.3. The van der Waals surface area contributed by atoms with Crippen molar-refractivity contribution in [2.24, 2.45) is 0 Å². The summed E-state index contributed by atoms with van der Waals surface area (Å²) in [5, 5.41) is 7.01. The first kappa shape index (κ1) is 33.5. The zero-order valence-corrected chi connectivity index (χ0v) is 32.2. The van der Waals surface area contributed by atoms with E-state index in [1.807, 2.05) is 0 Å². The van der Waals surface area contributed by atoms with E-state index in [-0.39, 0.29) is 0 Å². The summed E-state index contributed by atoms with van der Waals surface area (Å²) in [6.45, 7) is 0. The molecule has 0 unspecified atom stereocenters. The molecule has 1 heterocycles. The lowest BCUT2D eigenvalue weighted by Crippen LogP contribution is -2.28. The van der Waals surface area contributed by atoms with E-state index >= 15 is 0 Å². The van der Waals surface area contributed by atoms with Crippen LogP contribution in [-0.2, 0) is 5.41 Å². The quantitative estimate of drug-likeness (QED) is 0.168. The molecule has 0 bridgehead atoms. The van der Waals surface area contributed by atoms with Gasteiger partial charge in [0.2, 0.25) is 0 Å². The zero-order chi connectivity index (χ0) is 38.9. The molecule has 0 saturated heterocycles. The number of fused-ring (bicyclic) bond motifs is 9. The van der Waals surface area contributed by atoms with Crippen molar-refractivity contribution in [1.29, 1.82) is 0 Å². The Kier molecular flexibility index (Phi) is 7.48. The van der Waals surface area contributed by atoms with Gasteiger partial charge in [0.05, 0.1) is 11.1 Å². The van der Waals surface area contributed by atoms with E-state index in [4.69, 9.17) is 4.42 Å². The lowest BCUT2D eigenvalue weighted by atomic mass is 9.68. The fraction of sp³-hybridized carbons (Fsp3) is 0.0175. The molecular formula is C57H37NO.